The molecular formula is C20H21FN4OS. The SMILES string of the molecule is Cc1ccc(-c2nnc(SCC(=O)NCCc3ccc(F)cc3)n2C)cc1. The Kier molecular flexibility index (Phi) is 6.24. The van der Waals surface area contributed by atoms with Gasteiger partial charge in [0.15, 0.2) is 11.0 Å². The predicted molar refractivity (Wildman–Crippen MR) is 105 cm³/mol. The maximum absolute atomic E-state index is 12.9. The van der Waals surface area contributed by atoms with E-state index < -0.39 is 0 Å². The van der Waals surface area contributed by atoms with Gasteiger partial charge in [-0.2, -0.15) is 0 Å². The third kappa shape index (κ3) is 5.17. The summed E-state index contributed by atoms with van der Waals surface area (Å²) in [4.78, 5) is 12.0. The third-order valence-corrected chi connectivity index (χ3v) is 5.15. The standard InChI is InChI=1S/C20H21FN4OS/c1-14-3-7-16(8-4-14)19-23-24-20(25(19)2)27-13-18(26)22-12-11-15-5-9-17(21)10-6-15/h3-10H,11-13H2,1-2H3,(H,22,26). The molecule has 5 nitrogen and oxygen atoms in total. The number of nitrogens with zero attached hydrogens (tertiary/aromatic N) is 3. The minimum Gasteiger partial charge on any atom is -0.355 e. The number of benzene rings is 2. The largest absolute Gasteiger partial charge is 0.355 e. The van der Waals surface area contributed by atoms with Crippen molar-refractivity contribution in [3.8, 4) is 11.4 Å². The number of thioether (sulfide) groups is 1. The van der Waals surface area contributed by atoms with Crippen molar-refractivity contribution >= 4 is 17.7 Å². The van der Waals surface area contributed by atoms with Gasteiger partial charge >= 0.3 is 0 Å². The smallest absolute Gasteiger partial charge is 0.230 e. The van der Waals surface area contributed by atoms with Gasteiger partial charge in [0.2, 0.25) is 5.91 Å². The zero-order valence-corrected chi connectivity index (χ0v) is 16.1. The van der Waals surface area contributed by atoms with E-state index in [1.165, 1.54) is 29.5 Å². The fourth-order valence-corrected chi connectivity index (χ4v) is 3.31. The number of halogens is 1. The molecule has 0 radical (unpaired) electrons. The highest BCUT2D eigenvalue weighted by Gasteiger charge is 2.12. The molecule has 1 amide bonds. The fourth-order valence-electron chi connectivity index (χ4n) is 2.57. The van der Waals surface area contributed by atoms with E-state index in [9.17, 15) is 9.18 Å². The van der Waals surface area contributed by atoms with E-state index in [1.807, 2.05) is 42.8 Å². The summed E-state index contributed by atoms with van der Waals surface area (Å²) < 4.78 is 14.8. The van der Waals surface area contributed by atoms with Crippen molar-refractivity contribution in [2.24, 2.45) is 7.05 Å². The van der Waals surface area contributed by atoms with E-state index in [4.69, 9.17) is 0 Å². The highest BCUT2D eigenvalue weighted by atomic mass is 32.2. The Morgan fingerprint density at radius 2 is 1.81 bits per heavy atom. The number of aromatic nitrogens is 3. The van der Waals surface area contributed by atoms with Crippen molar-refractivity contribution < 1.29 is 9.18 Å². The van der Waals surface area contributed by atoms with Crippen molar-refractivity contribution in [3.63, 3.8) is 0 Å². The summed E-state index contributed by atoms with van der Waals surface area (Å²) in [5, 5.41) is 12.0. The Morgan fingerprint density at radius 1 is 1.11 bits per heavy atom. The molecule has 0 saturated heterocycles. The lowest BCUT2D eigenvalue weighted by atomic mass is 10.1. The molecule has 3 aromatic rings. The molecule has 140 valence electrons. The molecule has 2 aromatic carbocycles. The van der Waals surface area contributed by atoms with E-state index in [1.54, 1.807) is 12.1 Å². The monoisotopic (exact) mass is 384 g/mol. The van der Waals surface area contributed by atoms with Gasteiger partial charge in [0, 0.05) is 19.2 Å². The van der Waals surface area contributed by atoms with Crippen LogP contribution in [0, 0.1) is 12.7 Å². The van der Waals surface area contributed by atoms with E-state index >= 15 is 0 Å². The van der Waals surface area contributed by atoms with Gasteiger partial charge in [-0.15, -0.1) is 10.2 Å². The van der Waals surface area contributed by atoms with Gasteiger partial charge in [-0.25, -0.2) is 4.39 Å². The molecule has 1 heterocycles. The summed E-state index contributed by atoms with van der Waals surface area (Å²) >= 11 is 1.35. The summed E-state index contributed by atoms with van der Waals surface area (Å²) in [5.41, 5.74) is 3.17. The minimum atomic E-state index is -0.257. The molecule has 0 aliphatic carbocycles. The van der Waals surface area contributed by atoms with Crippen molar-refractivity contribution in [2.45, 2.75) is 18.5 Å². The number of hydrogen-bond donors (Lipinski definition) is 1. The molecule has 0 atom stereocenters. The van der Waals surface area contributed by atoms with Crippen LogP contribution in [0.15, 0.2) is 53.7 Å². The lowest BCUT2D eigenvalue weighted by Gasteiger charge is -2.06. The van der Waals surface area contributed by atoms with Crippen LogP contribution in [-0.4, -0.2) is 33.0 Å². The molecular weight excluding hydrogens is 363 g/mol. The number of aryl methyl sites for hydroxylation is 1. The molecule has 0 bridgehead atoms. The Hall–Kier alpha value is -2.67. The normalized spacial score (nSPS) is 10.8. The average molecular weight is 384 g/mol. The van der Waals surface area contributed by atoms with E-state index in [0.29, 0.717) is 18.1 Å². The Morgan fingerprint density at radius 3 is 2.52 bits per heavy atom. The van der Waals surface area contributed by atoms with E-state index in [2.05, 4.69) is 15.5 Å². The molecule has 1 N–H and O–H groups in total. The fraction of sp³-hybridized carbons (Fsp3) is 0.250. The molecule has 0 unspecified atom stereocenters. The number of nitrogens with one attached hydrogen (secondary N) is 1. The van der Waals surface area contributed by atoms with Gasteiger partial charge < -0.3 is 9.88 Å². The van der Waals surface area contributed by atoms with Crippen LogP contribution in [-0.2, 0) is 18.3 Å². The number of hydrogen-bond acceptors (Lipinski definition) is 4. The van der Waals surface area contributed by atoms with Crippen LogP contribution in [0.25, 0.3) is 11.4 Å². The highest BCUT2D eigenvalue weighted by Crippen LogP contribution is 2.22. The Balaban J connectivity index is 1.49. The van der Waals surface area contributed by atoms with Gasteiger partial charge in [0.1, 0.15) is 5.82 Å². The lowest BCUT2D eigenvalue weighted by molar-refractivity contribution is -0.118. The zero-order chi connectivity index (χ0) is 19.2. The number of carbonyl (C=O) groups excluding carboxylic acids is 1. The number of rotatable bonds is 7. The summed E-state index contributed by atoms with van der Waals surface area (Å²) in [6, 6.07) is 14.4. The first-order chi connectivity index (χ1) is 13.0. The minimum absolute atomic E-state index is 0.0676. The Labute approximate surface area is 162 Å². The molecule has 0 aliphatic heterocycles. The van der Waals surface area contributed by atoms with Crippen LogP contribution in [0.1, 0.15) is 11.1 Å². The Bertz CT molecular complexity index is 907. The average Bonchev–Trinajstić information content (AvgIpc) is 3.03. The second kappa shape index (κ2) is 8.81. The number of carbonyl (C=O) groups is 1. The topological polar surface area (TPSA) is 59.8 Å². The summed E-state index contributed by atoms with van der Waals surface area (Å²) in [6.45, 7) is 2.55. The van der Waals surface area contributed by atoms with Gasteiger partial charge in [-0.05, 0) is 31.0 Å². The molecule has 0 fully saturated rings. The zero-order valence-electron chi connectivity index (χ0n) is 15.3. The molecule has 1 aromatic heterocycles. The van der Waals surface area contributed by atoms with Crippen LogP contribution in [0.2, 0.25) is 0 Å². The van der Waals surface area contributed by atoms with Crippen molar-refractivity contribution in [2.75, 3.05) is 12.3 Å². The molecule has 7 heteroatoms. The summed E-state index contributed by atoms with van der Waals surface area (Å²) in [6.07, 6.45) is 0.665. The highest BCUT2D eigenvalue weighted by molar-refractivity contribution is 7.99. The molecule has 3 rings (SSSR count). The van der Waals surface area contributed by atoms with Crippen molar-refractivity contribution in [3.05, 3.63) is 65.5 Å². The van der Waals surface area contributed by atoms with Gasteiger partial charge in [0.05, 0.1) is 5.75 Å². The van der Waals surface area contributed by atoms with Crippen LogP contribution < -0.4 is 5.32 Å². The van der Waals surface area contributed by atoms with Crippen LogP contribution in [0.5, 0.6) is 0 Å². The van der Waals surface area contributed by atoms with E-state index in [0.717, 1.165) is 17.0 Å². The maximum Gasteiger partial charge on any atom is 0.230 e. The molecule has 0 aliphatic rings. The quantitative estimate of drug-likeness (QED) is 0.635. The van der Waals surface area contributed by atoms with Crippen molar-refractivity contribution in [1.82, 2.24) is 20.1 Å². The second-order valence-electron chi connectivity index (χ2n) is 6.25. The van der Waals surface area contributed by atoms with E-state index in [-0.39, 0.29) is 17.5 Å². The maximum atomic E-state index is 12.9. The molecule has 0 spiro atoms. The van der Waals surface area contributed by atoms with Crippen LogP contribution in [0.3, 0.4) is 0 Å². The second-order valence-corrected chi connectivity index (χ2v) is 7.19. The first-order valence-electron chi connectivity index (χ1n) is 8.63. The first-order valence-corrected chi connectivity index (χ1v) is 9.62. The number of amides is 1. The van der Waals surface area contributed by atoms with Gasteiger partial charge in [-0.3, -0.25) is 4.79 Å². The first kappa shape index (κ1) is 19.1. The molecule has 27 heavy (non-hydrogen) atoms. The lowest BCUT2D eigenvalue weighted by Crippen LogP contribution is -2.27. The van der Waals surface area contributed by atoms with Crippen LogP contribution >= 0.6 is 11.8 Å². The predicted octanol–water partition coefficient (Wildman–Crippen LogP) is 3.38. The molecule has 0 saturated carbocycles. The third-order valence-electron chi connectivity index (χ3n) is 4.13. The van der Waals surface area contributed by atoms with Crippen LogP contribution in [0.4, 0.5) is 4.39 Å². The summed E-state index contributed by atoms with van der Waals surface area (Å²) in [7, 11) is 1.89. The summed E-state index contributed by atoms with van der Waals surface area (Å²) in [5.74, 6) is 0.715. The van der Waals surface area contributed by atoms with Crippen molar-refractivity contribution in [1.29, 1.82) is 0 Å². The van der Waals surface area contributed by atoms with Gasteiger partial charge in [-0.1, -0.05) is 53.7 Å². The van der Waals surface area contributed by atoms with Gasteiger partial charge in [0.25, 0.3) is 0 Å².